The van der Waals surface area contributed by atoms with Crippen LogP contribution in [0.15, 0.2) is 41.5 Å². The highest BCUT2D eigenvalue weighted by molar-refractivity contribution is 6.00. The molecular formula is C45H67NO6. The van der Waals surface area contributed by atoms with E-state index in [4.69, 9.17) is 4.74 Å². The third-order valence-corrected chi connectivity index (χ3v) is 16.5. The first-order valence-electron chi connectivity index (χ1n) is 20.4. The standard InChI is InChI=1S/C45H67NO6/c1-29(2)36-32(47)27-44(24-26-46-25-18-30-13-11-10-12-14-30)22-20-41(7)31(37(36)44)15-16-33-42(41,8)21-23-45(51)40(5,6)34(17-19-43(33,45)9)52-35(48)28-39(3,4)38(49)50/h10-14,29,31,33-34,46,51H,15-28H2,1-9H3,(H,49,50). The van der Waals surface area contributed by atoms with Crippen LogP contribution in [0.1, 0.15) is 139 Å². The maximum absolute atomic E-state index is 14.0. The van der Waals surface area contributed by atoms with Gasteiger partial charge in [-0.1, -0.05) is 84.4 Å². The fourth-order valence-electron chi connectivity index (χ4n) is 13.0. The van der Waals surface area contributed by atoms with Crippen molar-refractivity contribution >= 4 is 17.7 Å². The molecule has 8 unspecified atom stereocenters. The summed E-state index contributed by atoms with van der Waals surface area (Å²) in [6, 6.07) is 10.6. The summed E-state index contributed by atoms with van der Waals surface area (Å²) in [5.41, 5.74) is 0.525. The molecule has 0 spiro atoms. The van der Waals surface area contributed by atoms with Gasteiger partial charge in [0.25, 0.3) is 0 Å². The second-order valence-corrected chi connectivity index (χ2v) is 20.0. The molecule has 4 saturated carbocycles. The molecule has 3 N–H and O–H groups in total. The molecule has 0 aromatic heterocycles. The van der Waals surface area contributed by atoms with Gasteiger partial charge in [0, 0.05) is 22.7 Å². The molecule has 7 heteroatoms. The molecular weight excluding hydrogens is 650 g/mol. The van der Waals surface area contributed by atoms with Crippen molar-refractivity contribution in [1.82, 2.24) is 5.32 Å². The van der Waals surface area contributed by atoms with Crippen LogP contribution < -0.4 is 5.32 Å². The summed E-state index contributed by atoms with van der Waals surface area (Å²) in [6.45, 7) is 20.9. The summed E-state index contributed by atoms with van der Waals surface area (Å²) in [4.78, 5) is 38.8. The molecule has 8 atom stereocenters. The number of carbonyl (C=O) groups is 3. The van der Waals surface area contributed by atoms with Crippen molar-refractivity contribution in [2.45, 2.75) is 151 Å². The van der Waals surface area contributed by atoms with Crippen LogP contribution in [0.3, 0.4) is 0 Å². The smallest absolute Gasteiger partial charge is 0.309 e. The summed E-state index contributed by atoms with van der Waals surface area (Å²) in [7, 11) is 0. The number of benzene rings is 1. The Hall–Kier alpha value is -2.51. The molecule has 5 aliphatic carbocycles. The quantitative estimate of drug-likeness (QED) is 0.155. The Labute approximate surface area is 313 Å². The number of hydrogen-bond acceptors (Lipinski definition) is 6. The van der Waals surface area contributed by atoms with Crippen LogP contribution >= 0.6 is 0 Å². The molecule has 0 bridgehead atoms. The van der Waals surface area contributed by atoms with Gasteiger partial charge >= 0.3 is 11.9 Å². The second-order valence-electron chi connectivity index (χ2n) is 20.0. The van der Waals surface area contributed by atoms with Crippen molar-refractivity contribution in [3.8, 4) is 0 Å². The van der Waals surface area contributed by atoms with E-state index >= 15 is 0 Å². The van der Waals surface area contributed by atoms with E-state index in [-0.39, 0.29) is 39.9 Å². The molecule has 6 rings (SSSR count). The number of Topliss-reactive ketones (excluding diaryl/α,β-unsaturated/α-hetero) is 1. The highest BCUT2D eigenvalue weighted by atomic mass is 16.5. The molecule has 0 saturated heterocycles. The third kappa shape index (κ3) is 5.85. The number of aliphatic hydroxyl groups is 1. The topological polar surface area (TPSA) is 113 Å². The van der Waals surface area contributed by atoms with Crippen molar-refractivity contribution in [1.29, 1.82) is 0 Å². The van der Waals surface area contributed by atoms with Crippen LogP contribution in [0.25, 0.3) is 0 Å². The summed E-state index contributed by atoms with van der Waals surface area (Å²) in [6.07, 6.45) is 9.06. The Morgan fingerprint density at radius 1 is 0.904 bits per heavy atom. The van der Waals surface area contributed by atoms with E-state index in [0.717, 1.165) is 70.0 Å². The fraction of sp³-hybridized carbons (Fsp3) is 0.756. The number of nitrogens with one attached hydrogen (secondary N) is 1. The van der Waals surface area contributed by atoms with E-state index in [2.05, 4.69) is 84.1 Å². The Balaban J connectivity index is 1.25. The Bertz CT molecular complexity index is 1600. The van der Waals surface area contributed by atoms with Gasteiger partial charge in [-0.15, -0.1) is 0 Å². The number of esters is 1. The van der Waals surface area contributed by atoms with Crippen molar-refractivity contribution < 1.29 is 29.3 Å². The maximum Gasteiger partial charge on any atom is 0.309 e. The number of rotatable bonds is 11. The average molecular weight is 718 g/mol. The predicted molar refractivity (Wildman–Crippen MR) is 204 cm³/mol. The number of hydrogen-bond donors (Lipinski definition) is 3. The van der Waals surface area contributed by atoms with Gasteiger partial charge in [-0.3, -0.25) is 14.4 Å². The lowest BCUT2D eigenvalue weighted by atomic mass is 9.32. The minimum absolute atomic E-state index is 0.000456. The molecule has 1 aromatic rings. The van der Waals surface area contributed by atoms with E-state index in [1.165, 1.54) is 11.1 Å². The molecule has 0 radical (unpaired) electrons. The molecule has 288 valence electrons. The van der Waals surface area contributed by atoms with Crippen LogP contribution in [0.4, 0.5) is 0 Å². The third-order valence-electron chi connectivity index (χ3n) is 16.5. The lowest BCUT2D eigenvalue weighted by Gasteiger charge is -2.74. The van der Waals surface area contributed by atoms with Crippen LogP contribution in [-0.2, 0) is 25.5 Å². The first-order chi connectivity index (χ1) is 24.2. The number of fused-ring (bicyclic) bond motifs is 7. The molecule has 1 aromatic carbocycles. The van der Waals surface area contributed by atoms with E-state index in [1.807, 2.05) is 0 Å². The highest BCUT2D eigenvalue weighted by Crippen LogP contribution is 2.77. The average Bonchev–Trinajstić information content (AvgIpc) is 3.37. The van der Waals surface area contributed by atoms with Gasteiger partial charge in [-0.05, 0) is 131 Å². The van der Waals surface area contributed by atoms with Gasteiger partial charge in [0.05, 0.1) is 17.4 Å². The van der Waals surface area contributed by atoms with E-state index in [0.29, 0.717) is 31.0 Å². The SMILES string of the molecule is CC(C)C1=C2C3CCC4C(C)(CCC5(O)C(C)(C)C(OC(=O)CC(C)(C)C(=O)O)CCC45C)C3(C)CCC2(CCNCCc2ccccc2)CC1=O. The molecule has 0 aliphatic heterocycles. The van der Waals surface area contributed by atoms with Crippen molar-refractivity contribution in [2.24, 2.45) is 50.2 Å². The number of carboxylic acid groups (broad SMARTS) is 1. The largest absolute Gasteiger partial charge is 0.481 e. The lowest BCUT2D eigenvalue weighted by Crippen LogP contribution is -2.73. The summed E-state index contributed by atoms with van der Waals surface area (Å²) >= 11 is 0. The van der Waals surface area contributed by atoms with Gasteiger partial charge in [0.1, 0.15) is 6.10 Å². The van der Waals surface area contributed by atoms with Gasteiger partial charge < -0.3 is 20.3 Å². The fourth-order valence-corrected chi connectivity index (χ4v) is 13.0. The minimum Gasteiger partial charge on any atom is -0.481 e. The molecule has 5 aliphatic rings. The van der Waals surface area contributed by atoms with Crippen LogP contribution in [0.2, 0.25) is 0 Å². The first-order valence-corrected chi connectivity index (χ1v) is 20.4. The number of carbonyl (C=O) groups excluding carboxylic acids is 2. The second kappa shape index (κ2) is 13.4. The summed E-state index contributed by atoms with van der Waals surface area (Å²) in [5.74, 6) is -0.316. The van der Waals surface area contributed by atoms with Gasteiger partial charge in [0.15, 0.2) is 5.78 Å². The summed E-state index contributed by atoms with van der Waals surface area (Å²) in [5, 5.41) is 26.4. The number of aliphatic carboxylic acids is 1. The minimum atomic E-state index is -1.21. The Kier molecular flexibility index (Phi) is 10.1. The normalized spacial score (nSPS) is 38.3. The molecule has 52 heavy (non-hydrogen) atoms. The highest BCUT2D eigenvalue weighted by Gasteiger charge is 2.74. The maximum atomic E-state index is 14.0. The van der Waals surface area contributed by atoms with Gasteiger partial charge in [0.2, 0.25) is 0 Å². The van der Waals surface area contributed by atoms with E-state index in [9.17, 15) is 24.6 Å². The first kappa shape index (κ1) is 39.2. The number of allylic oxidation sites excluding steroid dienone is 2. The molecule has 4 fully saturated rings. The Morgan fingerprint density at radius 3 is 2.23 bits per heavy atom. The van der Waals surface area contributed by atoms with Crippen LogP contribution in [0.5, 0.6) is 0 Å². The predicted octanol–water partition coefficient (Wildman–Crippen LogP) is 8.72. The van der Waals surface area contributed by atoms with Crippen molar-refractivity contribution in [2.75, 3.05) is 13.1 Å². The zero-order valence-corrected chi connectivity index (χ0v) is 33.6. The van der Waals surface area contributed by atoms with Gasteiger partial charge in [-0.2, -0.15) is 0 Å². The van der Waals surface area contributed by atoms with Crippen LogP contribution in [-0.4, -0.2) is 52.7 Å². The molecule has 0 heterocycles. The zero-order valence-electron chi connectivity index (χ0n) is 33.6. The number of carboxylic acids is 1. The molecule has 7 nitrogen and oxygen atoms in total. The van der Waals surface area contributed by atoms with Crippen molar-refractivity contribution in [3.05, 3.63) is 47.0 Å². The number of ketones is 1. The monoisotopic (exact) mass is 717 g/mol. The Morgan fingerprint density at radius 2 is 1.58 bits per heavy atom. The van der Waals surface area contributed by atoms with E-state index in [1.54, 1.807) is 13.8 Å². The molecule has 0 amide bonds. The van der Waals surface area contributed by atoms with Crippen molar-refractivity contribution in [3.63, 3.8) is 0 Å². The lowest BCUT2D eigenvalue weighted by molar-refractivity contribution is -0.305. The van der Waals surface area contributed by atoms with Gasteiger partial charge in [-0.25, -0.2) is 0 Å². The zero-order chi connectivity index (χ0) is 38.1. The number of ether oxygens (including phenoxy) is 1. The van der Waals surface area contributed by atoms with E-state index < -0.39 is 34.5 Å². The summed E-state index contributed by atoms with van der Waals surface area (Å²) < 4.78 is 6.09. The van der Waals surface area contributed by atoms with Crippen LogP contribution in [0, 0.1) is 50.2 Å².